The van der Waals surface area contributed by atoms with E-state index in [1.54, 1.807) is 91.4 Å². The topological polar surface area (TPSA) is 383 Å². The van der Waals surface area contributed by atoms with Crippen molar-refractivity contribution in [2.24, 2.45) is 0 Å². The SMILES string of the molecule is CCN(CC)CCNC(=O)c1cc(/C=C2\C(=O)Nc3cc(-c4ccc(OC)cc4)ccc32)[se]c1C.COc1ccc(-c2ccc3c(c2)NC(=O)/C3=C\c2cc(C(=O)NCCCn3ccnc3)c(C)[se]2)cc1.COc1ccc(-c2ccc3c(c2)NC(=O)/C3=C\c2cc(C(=O)O)c(C)[se]2)c(OC)c1.COc1ccc(-c2ccc3c(c2)NC(=O)/C3=C\c2cc(C(=O)O)c(C)[se]2)cc1.Cc1[se]c(/C=C2\C(=O)Nc3cc(F)ccc32)cc1C(=O)O. The minimum atomic E-state index is -0.957. The molecule has 0 aliphatic carbocycles. The number of halogens is 1. The number of likely N-dealkylation sites (N-methyl/N-ethyl adjacent to an activating group) is 1. The first-order chi connectivity index (χ1) is 72.3. The molecule has 762 valence electrons. The quantitative estimate of drug-likeness (QED) is 0.0124. The van der Waals surface area contributed by atoms with Gasteiger partial charge in [0.15, 0.2) is 0 Å². The van der Waals surface area contributed by atoms with Crippen molar-refractivity contribution >= 4 is 218 Å². The van der Waals surface area contributed by atoms with Crippen LogP contribution < -0.4 is 60.9 Å². The van der Waals surface area contributed by atoms with Gasteiger partial charge in [-0.3, -0.25) is 0 Å². The van der Waals surface area contributed by atoms with E-state index < -0.39 is 23.7 Å². The van der Waals surface area contributed by atoms with E-state index in [4.69, 9.17) is 28.8 Å². The molecule has 0 saturated heterocycles. The number of benzene rings is 9. The zero-order valence-electron chi connectivity index (χ0n) is 83.5. The number of rotatable bonds is 28. The average Bonchev–Trinajstić information content (AvgIpc) is 1.63. The molecule has 10 N–H and O–H groups in total. The number of methoxy groups -OCH3 is 5. The summed E-state index contributed by atoms with van der Waals surface area (Å²) in [5, 5.41) is 48.1. The van der Waals surface area contributed by atoms with Crippen molar-refractivity contribution in [2.45, 2.75) is 61.4 Å². The predicted octanol–water partition coefficient (Wildman–Crippen LogP) is 18.8. The van der Waals surface area contributed by atoms with Crippen LogP contribution in [0, 0.1) is 40.4 Å². The Labute approximate surface area is 894 Å². The van der Waals surface area contributed by atoms with Gasteiger partial charge in [0.05, 0.1) is 28.4 Å². The van der Waals surface area contributed by atoms with Crippen LogP contribution in [-0.4, -0.2) is 230 Å². The molecule has 0 bridgehead atoms. The van der Waals surface area contributed by atoms with Crippen LogP contribution >= 0.6 is 0 Å². The summed E-state index contributed by atoms with van der Waals surface area (Å²) >= 11 is -0.260. The molecular weight excluding hydrogens is 2240 g/mol. The van der Waals surface area contributed by atoms with Gasteiger partial charge < -0.3 is 0 Å². The molecule has 0 unspecified atom stereocenters. The van der Waals surface area contributed by atoms with Gasteiger partial charge in [0, 0.05) is 0 Å². The van der Waals surface area contributed by atoms with Crippen LogP contribution in [0.1, 0.15) is 144 Å². The molecule has 34 heteroatoms. The summed E-state index contributed by atoms with van der Waals surface area (Å²) in [6.07, 6.45) is 15.4. The number of ether oxygens (including phenoxy) is 5. The van der Waals surface area contributed by atoms with Crippen molar-refractivity contribution in [3.05, 3.63) is 337 Å². The van der Waals surface area contributed by atoms with Crippen LogP contribution in [-0.2, 0) is 30.5 Å². The number of nitrogens with one attached hydrogen (secondary N) is 7. The van der Waals surface area contributed by atoms with E-state index in [1.165, 1.54) is 12.1 Å². The van der Waals surface area contributed by atoms with Crippen molar-refractivity contribution in [3.63, 3.8) is 0 Å². The van der Waals surface area contributed by atoms with E-state index >= 15 is 0 Å². The molecule has 9 aromatic carbocycles. The number of hydrogen-bond acceptors (Lipinski definition) is 17. The summed E-state index contributed by atoms with van der Waals surface area (Å²) in [4.78, 5) is 128. The van der Waals surface area contributed by atoms with E-state index in [2.05, 4.69) is 60.9 Å². The molecule has 0 spiro atoms. The van der Waals surface area contributed by atoms with E-state index in [0.717, 1.165) is 189 Å². The number of anilines is 5. The summed E-state index contributed by atoms with van der Waals surface area (Å²) in [6, 6.07) is 65.6. The van der Waals surface area contributed by atoms with Crippen molar-refractivity contribution < 1.29 is 91.3 Å². The van der Waals surface area contributed by atoms with Gasteiger partial charge in [-0.2, -0.15) is 0 Å². The standard InChI is InChI=1S/C28H26N4O3Se.C28H31N3O3Se.C23H19NO5Se.C22H17NO4Se.C15H10FNO3Se/c1-18-24(27(33)30-10-3-12-32-13-11-29-17-32)15-22(36-18)16-25-23-9-6-20(14-26(23)31-28(25)34)19-4-7-21(35-2)8-5-19;1-5-31(6-2)14-13-29-27(32)24-16-22(35-18(24)3)17-25-23-12-9-20(15-26(23)30-28(25)33)19-7-10-21(34-4)11-8-19;1-12-18(23(26)27)10-15(30-12)11-19-17-6-4-13(8-20(17)24-22(19)25)16-7-5-14(28-2)9-21(16)29-3;1-12-18(22(25)26)10-16(28-12)11-19-17-8-5-14(9-20(17)23-21(19)24)13-3-6-15(27-2)7-4-13;1-7-11(15(19)20)5-9(21-7)6-12-10-3-2-8(16)4-13(10)17-14(12)18/h4-9,11,13-17H,3,10,12H2,1-2H3,(H,30,33)(H,31,34);7-12,15-17H,5-6,13-14H2,1-4H3,(H,29,32)(H,30,33);4-11H,1-3H3,(H,24,25)(H,26,27);3-11H,1-2H3,(H,23,24)(H,25,26);2-6H,1H3,(H,17,18)(H,19,20)/b25-16-;25-17-;2*19-11-;12-6-. The van der Waals surface area contributed by atoms with Gasteiger partial charge in [-0.25, -0.2) is 0 Å². The Bertz CT molecular complexity index is 7970. The zero-order chi connectivity index (χ0) is 106. The average molecular weight is 2340 g/mol. The van der Waals surface area contributed by atoms with Crippen LogP contribution in [0.2, 0.25) is 0 Å². The first-order valence-corrected chi connectivity index (χ1v) is 56.0. The number of carbonyl (C=O) groups excluding carboxylic acids is 7. The second kappa shape index (κ2) is 48.2. The number of aromatic carboxylic acids is 3. The number of aryl methyl sites for hydroxylation is 6. The van der Waals surface area contributed by atoms with Gasteiger partial charge in [0.1, 0.15) is 0 Å². The third-order valence-corrected chi connectivity index (χ3v) is 35.8. The van der Waals surface area contributed by atoms with E-state index in [0.29, 0.717) is 86.0 Å². The fourth-order valence-corrected chi connectivity index (χ4v) is 27.5. The molecule has 0 atom stereocenters. The molecule has 150 heavy (non-hydrogen) atoms. The summed E-state index contributed by atoms with van der Waals surface area (Å²) in [5.74, 6) is -0.437. The van der Waals surface area contributed by atoms with Crippen LogP contribution in [0.3, 0.4) is 0 Å². The van der Waals surface area contributed by atoms with Gasteiger partial charge in [-0.05, 0) is 0 Å². The summed E-state index contributed by atoms with van der Waals surface area (Å²) in [6.45, 7) is 18.5. The molecule has 28 nitrogen and oxygen atoms in total. The zero-order valence-corrected chi connectivity index (χ0v) is 92.1. The number of aromatic nitrogens is 2. The van der Waals surface area contributed by atoms with Gasteiger partial charge in [0.2, 0.25) is 0 Å². The first kappa shape index (κ1) is 107. The number of amides is 7. The number of imidazole rings is 1. The Morgan fingerprint density at radius 3 is 0.967 bits per heavy atom. The Morgan fingerprint density at radius 2 is 0.653 bits per heavy atom. The third-order valence-electron chi connectivity index (χ3n) is 25.3. The Morgan fingerprint density at radius 1 is 0.360 bits per heavy atom. The Balaban J connectivity index is 0.000000135. The van der Waals surface area contributed by atoms with E-state index in [-0.39, 0.29) is 114 Å². The van der Waals surface area contributed by atoms with Gasteiger partial charge in [0.25, 0.3) is 0 Å². The Hall–Kier alpha value is -15.5. The minimum absolute atomic E-state index is 0.00253. The molecular formula is C116H103FN10O18Se5. The van der Waals surface area contributed by atoms with Crippen LogP contribution in [0.4, 0.5) is 32.8 Å². The molecule has 0 fully saturated rings. The molecule has 6 aromatic heterocycles. The number of fused-ring (bicyclic) bond motifs is 5. The molecule has 20 rings (SSSR count). The van der Waals surface area contributed by atoms with Gasteiger partial charge in [-0.1, -0.05) is 0 Å². The summed E-state index contributed by atoms with van der Waals surface area (Å²) in [7, 11) is 8.13. The second-order valence-electron chi connectivity index (χ2n) is 34.7. The molecule has 11 heterocycles. The van der Waals surface area contributed by atoms with Crippen LogP contribution in [0.5, 0.6) is 28.7 Å². The van der Waals surface area contributed by atoms with Crippen LogP contribution in [0.15, 0.2) is 231 Å². The normalized spacial score (nSPS) is 14.0. The molecule has 5 aliphatic heterocycles. The number of carbonyl (C=O) groups is 10. The summed E-state index contributed by atoms with van der Waals surface area (Å²) in [5.41, 5.74) is 20.8. The maximum atomic E-state index is 13.2. The van der Waals surface area contributed by atoms with E-state index in [1.807, 2.05) is 233 Å². The van der Waals surface area contributed by atoms with Crippen molar-refractivity contribution in [1.82, 2.24) is 25.1 Å². The maximum absolute atomic E-state index is 13.2. The number of nitrogens with zero attached hydrogens (tertiary/aromatic N) is 3. The van der Waals surface area contributed by atoms with Crippen molar-refractivity contribution in [2.75, 3.05) is 94.9 Å². The van der Waals surface area contributed by atoms with E-state index in [9.17, 15) is 62.5 Å². The summed E-state index contributed by atoms with van der Waals surface area (Å²) < 4.78 is 50.9. The molecule has 7 amide bonds. The van der Waals surface area contributed by atoms with Gasteiger partial charge >= 0.3 is 873 Å². The monoisotopic (exact) mass is 2340 g/mol. The third kappa shape index (κ3) is 25.0. The molecule has 0 radical (unpaired) electrons. The number of carboxylic acid groups (broad SMARTS) is 3. The van der Waals surface area contributed by atoms with Crippen molar-refractivity contribution in [3.8, 4) is 73.3 Å². The predicted molar refractivity (Wildman–Crippen MR) is 590 cm³/mol. The second-order valence-corrected chi connectivity index (χ2v) is 48.3. The van der Waals surface area contributed by atoms with Gasteiger partial charge in [-0.15, -0.1) is 0 Å². The van der Waals surface area contributed by atoms with Crippen LogP contribution in [0.25, 0.3) is 103 Å². The number of carboxylic acids is 3. The molecule has 5 aliphatic rings. The number of hydrogen-bond donors (Lipinski definition) is 10. The molecule has 15 aromatic rings. The fourth-order valence-electron chi connectivity index (χ4n) is 17.4. The van der Waals surface area contributed by atoms with Crippen molar-refractivity contribution in [1.29, 1.82) is 0 Å². The molecule has 0 saturated carbocycles. The Kier molecular flexibility index (Phi) is 34.4. The fraction of sp³-hybridized carbons (Fsp3) is 0.164. The first-order valence-electron chi connectivity index (χ1n) is 47.4.